The first-order valence-electron chi connectivity index (χ1n) is 3.36. The zero-order chi connectivity index (χ0) is 8.69. The van der Waals surface area contributed by atoms with Crippen LogP contribution in [-0.2, 0) is 4.79 Å². The minimum Gasteiger partial charge on any atom is -0.480 e. The second-order valence-corrected chi connectivity index (χ2v) is 2.12. The van der Waals surface area contributed by atoms with Crippen molar-refractivity contribution < 1.29 is 20.1 Å². The number of nitrogens with zero attached hydrogens (tertiary/aromatic N) is 1. The van der Waals surface area contributed by atoms with Crippen LogP contribution >= 0.6 is 0 Å². The number of carboxylic acid groups (broad SMARTS) is 1. The Morgan fingerprint density at radius 2 is 1.58 bits per heavy atom. The molecule has 2 radical (unpaired) electrons. The molecule has 0 heterocycles. The van der Waals surface area contributed by atoms with Gasteiger partial charge in [-0.15, -0.1) is 0 Å². The number of hydrogen-bond donors (Lipinski definition) is 3. The molecule has 0 aliphatic heterocycles. The average Bonchev–Trinajstić information content (AvgIpc) is 1.87. The number of aliphatic hydroxyl groups excluding tert-OH is 2. The number of rotatable bonds is 6. The van der Waals surface area contributed by atoms with Crippen LogP contribution in [0.4, 0.5) is 0 Å². The second-order valence-electron chi connectivity index (χ2n) is 2.12. The largest absolute Gasteiger partial charge is 0.480 e. The monoisotopic (exact) mass is 203 g/mol. The molecule has 0 aliphatic carbocycles. The van der Waals surface area contributed by atoms with E-state index in [2.05, 4.69) is 0 Å². The molecule has 3 N–H and O–H groups in total. The van der Waals surface area contributed by atoms with Gasteiger partial charge in [0.15, 0.2) is 0 Å². The standard InChI is InChI=1S/C6H13NO4.Ca/c8-3-1-7(2-4-9)5-6(10)11;/h8-9H,1-5H2,(H,10,11);. The molecule has 0 saturated heterocycles. The Balaban J connectivity index is 0. The molecule has 5 nitrogen and oxygen atoms in total. The predicted octanol–water partition coefficient (Wildman–Crippen LogP) is -2.02. The Hall–Kier alpha value is 0.610. The third kappa shape index (κ3) is 8.70. The fourth-order valence-corrected chi connectivity index (χ4v) is 0.744. The SMILES string of the molecule is O=C(O)CN(CCO)CCO.[Ca]. The van der Waals surface area contributed by atoms with E-state index in [1.165, 1.54) is 4.90 Å². The van der Waals surface area contributed by atoms with E-state index in [1.54, 1.807) is 0 Å². The molecule has 0 rings (SSSR count). The van der Waals surface area contributed by atoms with E-state index in [0.29, 0.717) is 0 Å². The van der Waals surface area contributed by atoms with Crippen LogP contribution in [0.1, 0.15) is 0 Å². The predicted molar refractivity (Wildman–Crippen MR) is 44.0 cm³/mol. The molecule has 6 heteroatoms. The molecule has 0 aliphatic rings. The topological polar surface area (TPSA) is 81.0 Å². The Morgan fingerprint density at radius 3 is 1.83 bits per heavy atom. The summed E-state index contributed by atoms with van der Waals surface area (Å²) in [5, 5.41) is 25.3. The summed E-state index contributed by atoms with van der Waals surface area (Å²) in [5.41, 5.74) is 0. The van der Waals surface area contributed by atoms with Gasteiger partial charge in [-0.2, -0.15) is 0 Å². The number of carbonyl (C=O) groups is 1. The van der Waals surface area contributed by atoms with E-state index in [4.69, 9.17) is 15.3 Å². The summed E-state index contributed by atoms with van der Waals surface area (Å²) >= 11 is 0. The minimum atomic E-state index is -0.952. The molecule has 0 aromatic carbocycles. The van der Waals surface area contributed by atoms with Crippen molar-refractivity contribution in [3.05, 3.63) is 0 Å². The van der Waals surface area contributed by atoms with Crippen molar-refractivity contribution in [2.75, 3.05) is 32.8 Å². The molecular weight excluding hydrogens is 190 g/mol. The van der Waals surface area contributed by atoms with Gasteiger partial charge in [0.05, 0.1) is 19.8 Å². The van der Waals surface area contributed by atoms with Gasteiger partial charge in [0, 0.05) is 50.8 Å². The summed E-state index contributed by atoms with van der Waals surface area (Å²) in [6, 6.07) is 0. The van der Waals surface area contributed by atoms with Crippen LogP contribution < -0.4 is 0 Å². The summed E-state index contributed by atoms with van der Waals surface area (Å²) in [6.45, 7) is 0.251. The first-order valence-corrected chi connectivity index (χ1v) is 3.36. The zero-order valence-corrected chi connectivity index (χ0v) is 9.15. The van der Waals surface area contributed by atoms with E-state index in [0.717, 1.165) is 0 Å². The first-order chi connectivity index (χ1) is 5.20. The third-order valence-corrected chi connectivity index (χ3v) is 1.19. The quantitative estimate of drug-likeness (QED) is 0.434. The van der Waals surface area contributed by atoms with Gasteiger partial charge in [-0.25, -0.2) is 0 Å². The van der Waals surface area contributed by atoms with Crippen molar-refractivity contribution in [3.63, 3.8) is 0 Å². The number of aliphatic hydroxyl groups is 2. The van der Waals surface area contributed by atoms with Crippen molar-refractivity contribution in [3.8, 4) is 0 Å². The van der Waals surface area contributed by atoms with E-state index < -0.39 is 5.97 Å². The van der Waals surface area contributed by atoms with Gasteiger partial charge in [0.1, 0.15) is 0 Å². The van der Waals surface area contributed by atoms with Crippen molar-refractivity contribution in [2.45, 2.75) is 0 Å². The molecular formula is C6H13CaNO4. The summed E-state index contributed by atoms with van der Waals surface area (Å²) < 4.78 is 0. The minimum absolute atomic E-state index is 0. The van der Waals surface area contributed by atoms with Crippen molar-refractivity contribution >= 4 is 43.7 Å². The van der Waals surface area contributed by atoms with Crippen LogP contribution in [0.5, 0.6) is 0 Å². The molecule has 0 amide bonds. The maximum Gasteiger partial charge on any atom is 0.317 e. The fourth-order valence-electron chi connectivity index (χ4n) is 0.744. The summed E-state index contributed by atoms with van der Waals surface area (Å²) in [4.78, 5) is 11.6. The number of carboxylic acids is 1. The Morgan fingerprint density at radius 1 is 1.17 bits per heavy atom. The first kappa shape index (κ1) is 15.1. The molecule has 0 aromatic rings. The van der Waals surface area contributed by atoms with Gasteiger partial charge < -0.3 is 15.3 Å². The molecule has 0 atom stereocenters. The van der Waals surface area contributed by atoms with Crippen LogP contribution in [0, 0.1) is 0 Å². The smallest absolute Gasteiger partial charge is 0.317 e. The fraction of sp³-hybridized carbons (Fsp3) is 0.833. The number of aliphatic carboxylic acids is 1. The molecule has 68 valence electrons. The van der Waals surface area contributed by atoms with E-state index >= 15 is 0 Å². The Labute approximate surface area is 101 Å². The van der Waals surface area contributed by atoms with E-state index in [-0.39, 0.29) is 70.6 Å². The van der Waals surface area contributed by atoms with E-state index in [9.17, 15) is 4.79 Å². The average molecular weight is 203 g/mol. The summed E-state index contributed by atoms with van der Waals surface area (Å²) in [5.74, 6) is -0.952. The molecule has 0 bridgehead atoms. The summed E-state index contributed by atoms with van der Waals surface area (Å²) in [7, 11) is 0. The summed E-state index contributed by atoms with van der Waals surface area (Å²) in [6.07, 6.45) is 0. The van der Waals surface area contributed by atoms with Crippen molar-refractivity contribution in [1.29, 1.82) is 0 Å². The Bertz CT molecular complexity index is 116. The van der Waals surface area contributed by atoms with Gasteiger partial charge >= 0.3 is 5.97 Å². The maximum absolute atomic E-state index is 10.2. The van der Waals surface area contributed by atoms with E-state index in [1.807, 2.05) is 0 Å². The van der Waals surface area contributed by atoms with Crippen LogP contribution in [0.3, 0.4) is 0 Å². The molecule has 12 heavy (non-hydrogen) atoms. The Kier molecular flexibility index (Phi) is 12.2. The zero-order valence-electron chi connectivity index (χ0n) is 6.94. The molecule has 0 unspecified atom stereocenters. The molecule has 0 saturated carbocycles. The second kappa shape index (κ2) is 9.70. The van der Waals surface area contributed by atoms with Gasteiger partial charge in [-0.05, 0) is 0 Å². The number of hydrogen-bond acceptors (Lipinski definition) is 4. The molecule has 0 spiro atoms. The van der Waals surface area contributed by atoms with Crippen molar-refractivity contribution in [1.82, 2.24) is 4.90 Å². The maximum atomic E-state index is 10.2. The van der Waals surface area contributed by atoms with Crippen LogP contribution in [0.25, 0.3) is 0 Å². The van der Waals surface area contributed by atoms with Gasteiger partial charge in [0.25, 0.3) is 0 Å². The normalized spacial score (nSPS) is 9.58. The third-order valence-electron chi connectivity index (χ3n) is 1.19. The van der Waals surface area contributed by atoms with Crippen molar-refractivity contribution in [2.24, 2.45) is 0 Å². The van der Waals surface area contributed by atoms with Gasteiger partial charge in [-0.1, -0.05) is 0 Å². The van der Waals surface area contributed by atoms with Crippen LogP contribution in [0.15, 0.2) is 0 Å². The van der Waals surface area contributed by atoms with Gasteiger partial charge in [-0.3, -0.25) is 9.69 Å². The molecule has 0 aromatic heterocycles. The van der Waals surface area contributed by atoms with Crippen LogP contribution in [-0.4, -0.2) is 96.8 Å². The molecule has 0 fully saturated rings. The van der Waals surface area contributed by atoms with Crippen LogP contribution in [0.2, 0.25) is 0 Å². The van der Waals surface area contributed by atoms with Gasteiger partial charge in [0.2, 0.25) is 0 Å².